The second-order valence-corrected chi connectivity index (χ2v) is 5.74. The zero-order valence-electron chi connectivity index (χ0n) is 12.5. The van der Waals surface area contributed by atoms with Gasteiger partial charge in [0.15, 0.2) is 0 Å². The van der Waals surface area contributed by atoms with Crippen molar-refractivity contribution in [3.63, 3.8) is 0 Å². The smallest absolute Gasteiger partial charge is 0.326 e. The molecule has 5 heteroatoms. The van der Waals surface area contributed by atoms with Gasteiger partial charge in [-0.3, -0.25) is 4.79 Å². The van der Waals surface area contributed by atoms with Crippen molar-refractivity contribution in [3.8, 4) is 0 Å². The molecule has 1 N–H and O–H groups in total. The highest BCUT2D eigenvalue weighted by atomic mass is 16.4. The summed E-state index contributed by atoms with van der Waals surface area (Å²) in [6.45, 7) is 8.57. The molecule has 1 aliphatic heterocycles. The molecule has 1 amide bonds. The first-order valence-electron chi connectivity index (χ1n) is 7.06. The van der Waals surface area contributed by atoms with E-state index < -0.39 is 12.0 Å². The van der Waals surface area contributed by atoms with Crippen molar-refractivity contribution in [2.24, 2.45) is 0 Å². The molecule has 110 valence electrons. The van der Waals surface area contributed by atoms with E-state index in [1.165, 1.54) is 4.90 Å². The highest BCUT2D eigenvalue weighted by Crippen LogP contribution is 2.25. The maximum absolute atomic E-state index is 12.6. The standard InChI is InChI=1S/C15H22N2O3/c1-9(2)17-10(3)8-12(11(17)4)14(18)16-7-5-6-13(16)15(19)20/h8-9,13H,5-7H2,1-4H3,(H,19,20)/t13-/m1/s1. The van der Waals surface area contributed by atoms with E-state index in [0.29, 0.717) is 18.5 Å². The topological polar surface area (TPSA) is 62.5 Å². The van der Waals surface area contributed by atoms with Gasteiger partial charge in [-0.2, -0.15) is 0 Å². The number of hydrogen-bond acceptors (Lipinski definition) is 2. The molecule has 1 atom stereocenters. The van der Waals surface area contributed by atoms with Gasteiger partial charge >= 0.3 is 5.97 Å². The van der Waals surface area contributed by atoms with Crippen molar-refractivity contribution in [2.45, 2.75) is 52.6 Å². The predicted molar refractivity (Wildman–Crippen MR) is 76.0 cm³/mol. The second kappa shape index (κ2) is 5.31. The number of amides is 1. The highest BCUT2D eigenvalue weighted by Gasteiger charge is 2.35. The van der Waals surface area contributed by atoms with Gasteiger partial charge in [0.2, 0.25) is 0 Å². The summed E-state index contributed by atoms with van der Waals surface area (Å²) in [6, 6.07) is 1.48. The molecule has 0 spiro atoms. The molecule has 1 saturated heterocycles. The molecular formula is C15H22N2O3. The largest absolute Gasteiger partial charge is 0.480 e. The van der Waals surface area contributed by atoms with E-state index in [4.69, 9.17) is 0 Å². The predicted octanol–water partition coefficient (Wildman–Crippen LogP) is 2.38. The number of nitrogens with zero attached hydrogens (tertiary/aromatic N) is 2. The number of hydrogen-bond donors (Lipinski definition) is 1. The number of carbonyl (C=O) groups excluding carboxylic acids is 1. The lowest BCUT2D eigenvalue weighted by molar-refractivity contribution is -0.141. The van der Waals surface area contributed by atoms with Crippen LogP contribution in [0.5, 0.6) is 0 Å². The number of carbonyl (C=O) groups is 2. The zero-order valence-corrected chi connectivity index (χ0v) is 12.5. The number of likely N-dealkylation sites (tertiary alicyclic amines) is 1. The summed E-state index contributed by atoms with van der Waals surface area (Å²) in [6.07, 6.45) is 1.30. The molecular weight excluding hydrogens is 256 g/mol. The fourth-order valence-corrected chi connectivity index (χ4v) is 3.21. The van der Waals surface area contributed by atoms with Gasteiger partial charge in [0, 0.05) is 24.0 Å². The van der Waals surface area contributed by atoms with E-state index in [2.05, 4.69) is 18.4 Å². The zero-order chi connectivity index (χ0) is 15.0. The van der Waals surface area contributed by atoms with E-state index in [9.17, 15) is 14.7 Å². The first-order chi connectivity index (χ1) is 9.34. The van der Waals surface area contributed by atoms with Crippen molar-refractivity contribution in [1.29, 1.82) is 0 Å². The Morgan fingerprint density at radius 3 is 2.50 bits per heavy atom. The Kier molecular flexibility index (Phi) is 3.88. The summed E-state index contributed by atoms with van der Waals surface area (Å²) < 4.78 is 2.11. The van der Waals surface area contributed by atoms with Gasteiger partial charge in [0.05, 0.1) is 5.56 Å². The number of aryl methyl sites for hydroxylation is 1. The Balaban J connectivity index is 2.35. The van der Waals surface area contributed by atoms with Crippen LogP contribution in [0.1, 0.15) is 54.5 Å². The molecule has 0 unspecified atom stereocenters. The highest BCUT2D eigenvalue weighted by molar-refractivity contribution is 5.98. The van der Waals surface area contributed by atoms with Gasteiger partial charge in [-0.25, -0.2) is 4.79 Å². The van der Waals surface area contributed by atoms with Crippen LogP contribution >= 0.6 is 0 Å². The summed E-state index contributed by atoms with van der Waals surface area (Å²) in [5.74, 6) is -1.07. The number of aromatic nitrogens is 1. The summed E-state index contributed by atoms with van der Waals surface area (Å²) >= 11 is 0. The summed E-state index contributed by atoms with van der Waals surface area (Å²) in [4.78, 5) is 25.3. The van der Waals surface area contributed by atoms with E-state index in [1.807, 2.05) is 19.9 Å². The van der Waals surface area contributed by atoms with Crippen molar-refractivity contribution in [3.05, 3.63) is 23.0 Å². The fraction of sp³-hybridized carbons (Fsp3) is 0.600. The lowest BCUT2D eigenvalue weighted by atomic mass is 10.2. The first kappa shape index (κ1) is 14.6. The lowest BCUT2D eigenvalue weighted by Gasteiger charge is -2.21. The van der Waals surface area contributed by atoms with Gasteiger partial charge in [0.1, 0.15) is 6.04 Å². The van der Waals surface area contributed by atoms with Crippen LogP contribution in [0.3, 0.4) is 0 Å². The fourth-order valence-electron chi connectivity index (χ4n) is 3.21. The quantitative estimate of drug-likeness (QED) is 0.923. The molecule has 2 rings (SSSR count). The molecule has 1 aliphatic rings. The first-order valence-corrected chi connectivity index (χ1v) is 7.06. The Morgan fingerprint density at radius 2 is 2.00 bits per heavy atom. The number of rotatable bonds is 3. The third kappa shape index (κ3) is 2.32. The van der Waals surface area contributed by atoms with Crippen LogP contribution < -0.4 is 0 Å². The van der Waals surface area contributed by atoms with Gasteiger partial charge < -0.3 is 14.6 Å². The van der Waals surface area contributed by atoms with E-state index in [-0.39, 0.29) is 11.9 Å². The van der Waals surface area contributed by atoms with Crippen molar-refractivity contribution >= 4 is 11.9 Å². The van der Waals surface area contributed by atoms with Crippen LogP contribution in [0.15, 0.2) is 6.07 Å². The molecule has 0 aliphatic carbocycles. The lowest BCUT2D eigenvalue weighted by Crippen LogP contribution is -2.40. The van der Waals surface area contributed by atoms with Crippen molar-refractivity contribution < 1.29 is 14.7 Å². The SMILES string of the molecule is Cc1cc(C(=O)N2CCC[C@@H]2C(=O)O)c(C)n1C(C)C. The van der Waals surface area contributed by atoms with Crippen LogP contribution in [0, 0.1) is 13.8 Å². The minimum absolute atomic E-state index is 0.157. The molecule has 1 fully saturated rings. The summed E-state index contributed by atoms with van der Waals surface area (Å²) in [7, 11) is 0. The Morgan fingerprint density at radius 1 is 1.35 bits per heavy atom. The Labute approximate surface area is 119 Å². The Hall–Kier alpha value is -1.78. The van der Waals surface area contributed by atoms with Crippen LogP contribution in [-0.4, -0.2) is 39.0 Å². The summed E-state index contributed by atoms with van der Waals surface area (Å²) in [5, 5.41) is 9.20. The average Bonchev–Trinajstić information content (AvgIpc) is 2.93. The van der Waals surface area contributed by atoms with Crippen molar-refractivity contribution in [1.82, 2.24) is 9.47 Å². The molecule has 0 aromatic carbocycles. The number of carboxylic acids is 1. The molecule has 0 bridgehead atoms. The van der Waals surface area contributed by atoms with Crippen LogP contribution in [0.2, 0.25) is 0 Å². The molecule has 1 aromatic heterocycles. The molecule has 20 heavy (non-hydrogen) atoms. The van der Waals surface area contributed by atoms with Crippen LogP contribution in [0.4, 0.5) is 0 Å². The third-order valence-electron chi connectivity index (χ3n) is 4.03. The molecule has 0 saturated carbocycles. The summed E-state index contributed by atoms with van der Waals surface area (Å²) in [5.41, 5.74) is 2.58. The van der Waals surface area contributed by atoms with Gasteiger partial charge in [-0.15, -0.1) is 0 Å². The second-order valence-electron chi connectivity index (χ2n) is 5.74. The van der Waals surface area contributed by atoms with Gasteiger partial charge in [-0.1, -0.05) is 0 Å². The van der Waals surface area contributed by atoms with Gasteiger partial charge in [0.25, 0.3) is 5.91 Å². The monoisotopic (exact) mass is 278 g/mol. The third-order valence-corrected chi connectivity index (χ3v) is 4.03. The normalized spacial score (nSPS) is 18.9. The maximum Gasteiger partial charge on any atom is 0.326 e. The molecule has 2 heterocycles. The Bertz CT molecular complexity index is 546. The number of carboxylic acid groups (broad SMARTS) is 1. The molecule has 1 aromatic rings. The van der Waals surface area contributed by atoms with E-state index in [1.54, 1.807) is 0 Å². The molecule has 5 nitrogen and oxygen atoms in total. The van der Waals surface area contributed by atoms with E-state index in [0.717, 1.165) is 17.8 Å². The minimum Gasteiger partial charge on any atom is -0.480 e. The molecule has 0 radical (unpaired) electrons. The minimum atomic E-state index is -0.909. The average molecular weight is 278 g/mol. The van der Waals surface area contributed by atoms with Crippen LogP contribution in [-0.2, 0) is 4.79 Å². The van der Waals surface area contributed by atoms with Crippen molar-refractivity contribution in [2.75, 3.05) is 6.54 Å². The maximum atomic E-state index is 12.6. The van der Waals surface area contributed by atoms with Gasteiger partial charge in [-0.05, 0) is 46.6 Å². The number of aliphatic carboxylic acids is 1. The van der Waals surface area contributed by atoms with E-state index >= 15 is 0 Å². The van der Waals surface area contributed by atoms with Crippen LogP contribution in [0.25, 0.3) is 0 Å².